The van der Waals surface area contributed by atoms with E-state index in [1.165, 1.54) is 0 Å². The highest BCUT2D eigenvalue weighted by atomic mass is 35.5. The lowest BCUT2D eigenvalue weighted by atomic mass is 10.2. The van der Waals surface area contributed by atoms with Gasteiger partial charge in [-0.2, -0.15) is 0 Å². The van der Waals surface area contributed by atoms with Crippen LogP contribution in [0.4, 0.5) is 13.2 Å². The zero-order chi connectivity index (χ0) is 15.7. The van der Waals surface area contributed by atoms with Crippen molar-refractivity contribution in [2.45, 2.75) is 12.9 Å². The van der Waals surface area contributed by atoms with Crippen molar-refractivity contribution >= 4 is 11.6 Å². The zero-order valence-electron chi connectivity index (χ0n) is 11.5. The summed E-state index contributed by atoms with van der Waals surface area (Å²) in [5.74, 6) is 0.356. The quantitative estimate of drug-likeness (QED) is 0.708. The molecule has 0 atom stereocenters. The smallest absolute Gasteiger partial charge is 0.489 e. The number of halogens is 4. The number of rotatable bonds is 9. The van der Waals surface area contributed by atoms with Crippen LogP contribution in [0.3, 0.4) is 0 Å². The minimum atomic E-state index is -4.66. The van der Waals surface area contributed by atoms with Gasteiger partial charge in [-0.3, -0.25) is 4.74 Å². The SMILES string of the molecule is COCCNCc1cccc(Cl)c1OCCOC(F)(F)F. The summed E-state index contributed by atoms with van der Waals surface area (Å²) in [5, 5.41) is 3.45. The predicted octanol–water partition coefficient (Wildman–Crippen LogP) is 2.99. The third-order valence-electron chi connectivity index (χ3n) is 2.44. The fraction of sp³-hybridized carbons (Fsp3) is 0.538. The van der Waals surface area contributed by atoms with Crippen molar-refractivity contribution in [1.29, 1.82) is 0 Å². The molecule has 0 radical (unpaired) electrons. The molecule has 0 aromatic heterocycles. The molecule has 0 unspecified atom stereocenters. The molecular weight excluding hydrogens is 311 g/mol. The fourth-order valence-corrected chi connectivity index (χ4v) is 1.80. The minimum Gasteiger partial charge on any atom is -0.489 e. The molecule has 1 aromatic rings. The van der Waals surface area contributed by atoms with Crippen molar-refractivity contribution in [3.8, 4) is 5.75 Å². The van der Waals surface area contributed by atoms with Gasteiger partial charge >= 0.3 is 6.36 Å². The van der Waals surface area contributed by atoms with E-state index in [4.69, 9.17) is 21.1 Å². The summed E-state index contributed by atoms with van der Waals surface area (Å²) >= 11 is 6.00. The van der Waals surface area contributed by atoms with E-state index >= 15 is 0 Å². The molecule has 1 N–H and O–H groups in total. The summed E-state index contributed by atoms with van der Waals surface area (Å²) in [7, 11) is 1.59. The average Bonchev–Trinajstić information content (AvgIpc) is 2.40. The Labute approximate surface area is 126 Å². The number of ether oxygens (including phenoxy) is 3. The molecule has 4 nitrogen and oxygen atoms in total. The maximum atomic E-state index is 11.9. The number of methoxy groups -OCH3 is 1. The Balaban J connectivity index is 2.51. The van der Waals surface area contributed by atoms with Crippen LogP contribution in [0.1, 0.15) is 5.56 Å². The van der Waals surface area contributed by atoms with Crippen LogP contribution in [0.5, 0.6) is 5.75 Å². The molecule has 21 heavy (non-hydrogen) atoms. The van der Waals surface area contributed by atoms with Gasteiger partial charge in [0.2, 0.25) is 0 Å². The zero-order valence-corrected chi connectivity index (χ0v) is 12.3. The third kappa shape index (κ3) is 7.52. The lowest BCUT2D eigenvalue weighted by Gasteiger charge is -2.14. The molecule has 0 aliphatic heterocycles. The Hall–Kier alpha value is -1.02. The molecule has 1 aromatic carbocycles. The van der Waals surface area contributed by atoms with E-state index in [9.17, 15) is 13.2 Å². The summed E-state index contributed by atoms with van der Waals surface area (Å²) in [5.41, 5.74) is 0.755. The van der Waals surface area contributed by atoms with E-state index in [-0.39, 0.29) is 6.61 Å². The molecule has 0 spiro atoms. The van der Waals surface area contributed by atoms with E-state index in [0.717, 1.165) is 5.56 Å². The van der Waals surface area contributed by atoms with Crippen LogP contribution in [0.25, 0.3) is 0 Å². The summed E-state index contributed by atoms with van der Waals surface area (Å²) in [4.78, 5) is 0. The van der Waals surface area contributed by atoms with Gasteiger partial charge in [-0.15, -0.1) is 13.2 Å². The van der Waals surface area contributed by atoms with Crippen molar-refractivity contribution in [3.05, 3.63) is 28.8 Å². The van der Waals surface area contributed by atoms with Crippen LogP contribution in [0.15, 0.2) is 18.2 Å². The third-order valence-corrected chi connectivity index (χ3v) is 2.74. The van der Waals surface area contributed by atoms with Crippen LogP contribution >= 0.6 is 11.6 Å². The Morgan fingerprint density at radius 2 is 1.95 bits per heavy atom. The van der Waals surface area contributed by atoms with Gasteiger partial charge in [-0.05, 0) is 6.07 Å². The molecule has 1 rings (SSSR count). The maximum Gasteiger partial charge on any atom is 0.522 e. The van der Waals surface area contributed by atoms with Gasteiger partial charge < -0.3 is 14.8 Å². The van der Waals surface area contributed by atoms with Crippen molar-refractivity contribution in [1.82, 2.24) is 5.32 Å². The largest absolute Gasteiger partial charge is 0.522 e. The Kier molecular flexibility index (Phi) is 7.81. The monoisotopic (exact) mass is 327 g/mol. The second-order valence-corrected chi connectivity index (χ2v) is 4.45. The van der Waals surface area contributed by atoms with Gasteiger partial charge in [0.05, 0.1) is 18.2 Å². The molecule has 0 saturated carbocycles. The molecular formula is C13H17ClF3NO3. The van der Waals surface area contributed by atoms with Crippen molar-refractivity contribution in [3.63, 3.8) is 0 Å². The van der Waals surface area contributed by atoms with Crippen LogP contribution in [0, 0.1) is 0 Å². The van der Waals surface area contributed by atoms with E-state index in [2.05, 4.69) is 10.1 Å². The number of para-hydroxylation sites is 1. The number of nitrogens with one attached hydrogen (secondary N) is 1. The van der Waals surface area contributed by atoms with Gasteiger partial charge in [0, 0.05) is 25.8 Å². The first-order valence-electron chi connectivity index (χ1n) is 6.24. The second-order valence-electron chi connectivity index (χ2n) is 4.04. The highest BCUT2D eigenvalue weighted by molar-refractivity contribution is 6.32. The summed E-state index contributed by atoms with van der Waals surface area (Å²) < 4.78 is 49.4. The summed E-state index contributed by atoms with van der Waals surface area (Å²) in [6.45, 7) is 0.828. The minimum absolute atomic E-state index is 0.242. The maximum absolute atomic E-state index is 11.9. The first kappa shape index (κ1) is 18.0. The van der Waals surface area contributed by atoms with Crippen LogP contribution in [0.2, 0.25) is 5.02 Å². The van der Waals surface area contributed by atoms with Crippen LogP contribution in [-0.2, 0) is 16.0 Å². The first-order valence-corrected chi connectivity index (χ1v) is 6.62. The van der Waals surface area contributed by atoms with Crippen molar-refractivity contribution in [2.24, 2.45) is 0 Å². The summed E-state index contributed by atoms with van der Waals surface area (Å²) in [6, 6.07) is 5.14. The molecule has 0 fully saturated rings. The standard InChI is InChI=1S/C13H17ClF3NO3/c1-19-6-5-18-9-10-3-2-4-11(14)12(10)20-7-8-21-13(15,16)17/h2-4,18H,5-9H2,1H3. The van der Waals surface area contributed by atoms with Crippen LogP contribution in [-0.4, -0.2) is 39.8 Å². The number of alkyl halides is 3. The summed E-state index contributed by atoms with van der Waals surface area (Å²) in [6.07, 6.45) is -4.66. The Bertz CT molecular complexity index is 430. The van der Waals surface area contributed by atoms with E-state index in [1.807, 2.05) is 0 Å². The molecule has 0 amide bonds. The van der Waals surface area contributed by atoms with Crippen molar-refractivity contribution in [2.75, 3.05) is 33.5 Å². The first-order chi connectivity index (χ1) is 9.94. The number of hydrogen-bond acceptors (Lipinski definition) is 4. The molecule has 8 heteroatoms. The highest BCUT2D eigenvalue weighted by Crippen LogP contribution is 2.28. The average molecular weight is 328 g/mol. The predicted molar refractivity (Wildman–Crippen MR) is 72.5 cm³/mol. The Morgan fingerprint density at radius 1 is 1.19 bits per heavy atom. The van der Waals surface area contributed by atoms with Gasteiger partial charge in [0.25, 0.3) is 0 Å². The lowest BCUT2D eigenvalue weighted by molar-refractivity contribution is -0.325. The molecule has 120 valence electrons. The fourth-order valence-electron chi connectivity index (χ4n) is 1.55. The van der Waals surface area contributed by atoms with E-state index < -0.39 is 13.0 Å². The molecule has 0 heterocycles. The number of benzene rings is 1. The van der Waals surface area contributed by atoms with Gasteiger partial charge in [0.1, 0.15) is 12.4 Å². The molecule has 0 aliphatic rings. The topological polar surface area (TPSA) is 39.7 Å². The lowest BCUT2D eigenvalue weighted by Crippen LogP contribution is -2.20. The number of hydrogen-bond donors (Lipinski definition) is 1. The van der Waals surface area contributed by atoms with Crippen LogP contribution < -0.4 is 10.1 Å². The van der Waals surface area contributed by atoms with E-state index in [1.54, 1.807) is 25.3 Å². The van der Waals surface area contributed by atoms with Gasteiger partial charge in [0.15, 0.2) is 0 Å². The van der Waals surface area contributed by atoms with Gasteiger partial charge in [-0.25, -0.2) is 0 Å². The molecule has 0 aliphatic carbocycles. The Morgan fingerprint density at radius 3 is 2.62 bits per heavy atom. The second kappa shape index (κ2) is 9.09. The van der Waals surface area contributed by atoms with Gasteiger partial charge in [-0.1, -0.05) is 23.7 Å². The molecule has 0 saturated heterocycles. The highest BCUT2D eigenvalue weighted by Gasteiger charge is 2.28. The van der Waals surface area contributed by atoms with E-state index in [0.29, 0.717) is 30.5 Å². The normalized spacial score (nSPS) is 11.7. The molecule has 0 bridgehead atoms. The van der Waals surface area contributed by atoms with Crippen molar-refractivity contribution < 1.29 is 27.4 Å².